The number of aromatic nitrogens is 1. The molecule has 0 bridgehead atoms. The summed E-state index contributed by atoms with van der Waals surface area (Å²) in [4.78, 5) is 42.1. The van der Waals surface area contributed by atoms with Crippen molar-refractivity contribution >= 4 is 28.8 Å². The number of carbonyl (C=O) groups excluding carboxylic acids is 3. The Hall–Kier alpha value is -3.81. The summed E-state index contributed by atoms with van der Waals surface area (Å²) < 4.78 is 7.22. The Balaban J connectivity index is 1.38. The highest BCUT2D eigenvalue weighted by atomic mass is 16.6. The Morgan fingerprint density at radius 1 is 1.06 bits per heavy atom. The number of nitrogens with one attached hydrogen (secondary N) is 1. The number of para-hydroxylation sites is 1. The maximum absolute atomic E-state index is 13.5. The van der Waals surface area contributed by atoms with Crippen LogP contribution in [0.3, 0.4) is 0 Å². The van der Waals surface area contributed by atoms with Gasteiger partial charge in [0.1, 0.15) is 6.54 Å². The minimum absolute atomic E-state index is 0.0288. The second-order valence-corrected chi connectivity index (χ2v) is 9.53. The molecule has 188 valence electrons. The van der Waals surface area contributed by atoms with Crippen molar-refractivity contribution in [1.29, 1.82) is 0 Å². The van der Waals surface area contributed by atoms with Gasteiger partial charge in [0.05, 0.1) is 12.6 Å². The van der Waals surface area contributed by atoms with Crippen LogP contribution in [0.1, 0.15) is 53.0 Å². The van der Waals surface area contributed by atoms with Crippen LogP contribution in [0.25, 0.3) is 10.9 Å². The molecule has 3 aromatic rings. The molecule has 2 aliphatic rings. The van der Waals surface area contributed by atoms with Crippen LogP contribution in [0.15, 0.2) is 48.5 Å². The second kappa shape index (κ2) is 9.68. The van der Waals surface area contributed by atoms with Crippen LogP contribution in [0.5, 0.6) is 0 Å². The van der Waals surface area contributed by atoms with E-state index in [4.69, 9.17) is 4.74 Å². The predicted octanol–water partition coefficient (Wildman–Crippen LogP) is 3.77. The average molecular weight is 489 g/mol. The summed E-state index contributed by atoms with van der Waals surface area (Å²) in [6, 6.07) is 15.4. The lowest BCUT2D eigenvalue weighted by Crippen LogP contribution is -2.49. The number of piperidine rings is 1. The molecule has 36 heavy (non-hydrogen) atoms. The number of carbonyl (C=O) groups is 3. The lowest BCUT2D eigenvalue weighted by atomic mass is 9.95. The Labute approximate surface area is 210 Å². The van der Waals surface area contributed by atoms with Crippen molar-refractivity contribution in [2.75, 3.05) is 26.2 Å². The second-order valence-electron chi connectivity index (χ2n) is 9.53. The molecule has 0 spiro atoms. The minimum atomic E-state index is -0.337. The summed E-state index contributed by atoms with van der Waals surface area (Å²) in [6.07, 6.45) is 1.01. The summed E-state index contributed by atoms with van der Waals surface area (Å²) in [6.45, 7) is 5.25. The minimum Gasteiger partial charge on any atom is -0.450 e. The number of hydrogen-bond acceptors (Lipinski definition) is 4. The van der Waals surface area contributed by atoms with Crippen molar-refractivity contribution in [3.05, 3.63) is 70.9 Å². The number of ether oxygens (including phenoxy) is 1. The van der Waals surface area contributed by atoms with E-state index < -0.39 is 0 Å². The van der Waals surface area contributed by atoms with Crippen LogP contribution in [0, 0.1) is 6.92 Å². The first-order valence-corrected chi connectivity index (χ1v) is 12.6. The Bertz CT molecular complexity index is 1320. The van der Waals surface area contributed by atoms with Crippen LogP contribution in [0.2, 0.25) is 0 Å². The van der Waals surface area contributed by atoms with Crippen molar-refractivity contribution in [2.24, 2.45) is 7.05 Å². The normalized spacial score (nSPS) is 18.0. The number of rotatable bonds is 5. The molecule has 2 aromatic carbocycles. The van der Waals surface area contributed by atoms with Gasteiger partial charge in [0.15, 0.2) is 0 Å². The summed E-state index contributed by atoms with van der Waals surface area (Å²) in [5, 5.41) is 4.18. The number of likely N-dealkylation sites (tertiary alicyclic amines) is 1. The van der Waals surface area contributed by atoms with Crippen LogP contribution in [-0.2, 0) is 16.6 Å². The van der Waals surface area contributed by atoms with Gasteiger partial charge >= 0.3 is 6.09 Å². The number of amides is 3. The standard InChI is InChI=1S/C28H32N4O4/c1-4-36-28(35)31-15-13-19(14-16-31)29-24(33)17-32-26(20-9-5-6-10-21(20)27(32)34)25-18(2)30(3)23-12-8-7-11-22(23)25/h5-12,19,26H,4,13-17H2,1-3H3,(H,29,33). The first-order chi connectivity index (χ1) is 17.4. The first-order valence-electron chi connectivity index (χ1n) is 12.6. The van der Waals surface area contributed by atoms with Gasteiger partial charge in [-0.1, -0.05) is 36.4 Å². The third-order valence-corrected chi connectivity index (χ3v) is 7.48. The summed E-state index contributed by atoms with van der Waals surface area (Å²) in [5.74, 6) is -0.316. The quantitative estimate of drug-likeness (QED) is 0.593. The Morgan fingerprint density at radius 2 is 1.75 bits per heavy atom. The van der Waals surface area contributed by atoms with Crippen LogP contribution >= 0.6 is 0 Å². The van der Waals surface area contributed by atoms with Crippen molar-refractivity contribution in [1.82, 2.24) is 19.7 Å². The molecule has 0 aliphatic carbocycles. The van der Waals surface area contributed by atoms with E-state index >= 15 is 0 Å². The highest BCUT2D eigenvalue weighted by molar-refractivity contribution is 6.02. The largest absolute Gasteiger partial charge is 0.450 e. The van der Waals surface area contributed by atoms with Crippen molar-refractivity contribution in [3.8, 4) is 0 Å². The van der Waals surface area contributed by atoms with Gasteiger partial charge in [-0.25, -0.2) is 4.79 Å². The van der Waals surface area contributed by atoms with E-state index in [1.165, 1.54) is 0 Å². The van der Waals surface area contributed by atoms with Gasteiger partial charge in [-0.3, -0.25) is 9.59 Å². The van der Waals surface area contributed by atoms with Gasteiger partial charge < -0.3 is 24.4 Å². The molecule has 3 heterocycles. The number of fused-ring (bicyclic) bond motifs is 2. The summed E-state index contributed by atoms with van der Waals surface area (Å²) in [5.41, 5.74) is 4.80. The van der Waals surface area contributed by atoms with Crippen molar-refractivity contribution in [2.45, 2.75) is 38.8 Å². The molecule has 1 atom stereocenters. The van der Waals surface area contributed by atoms with Crippen molar-refractivity contribution in [3.63, 3.8) is 0 Å². The summed E-state index contributed by atoms with van der Waals surface area (Å²) in [7, 11) is 2.03. The molecule has 3 amide bonds. The zero-order valence-electron chi connectivity index (χ0n) is 21.0. The van der Waals surface area contributed by atoms with E-state index in [1.807, 2.05) is 43.4 Å². The Kier molecular flexibility index (Phi) is 6.43. The van der Waals surface area contributed by atoms with E-state index in [1.54, 1.807) is 16.7 Å². The van der Waals surface area contributed by atoms with E-state index in [9.17, 15) is 14.4 Å². The van der Waals surface area contributed by atoms with Gasteiger partial charge in [-0.05, 0) is 44.4 Å². The molecule has 5 rings (SSSR count). The number of benzene rings is 2. The number of hydrogen-bond donors (Lipinski definition) is 1. The number of aryl methyl sites for hydroxylation is 1. The molecule has 2 aliphatic heterocycles. The molecular formula is C28H32N4O4. The third-order valence-electron chi connectivity index (χ3n) is 7.48. The predicted molar refractivity (Wildman–Crippen MR) is 137 cm³/mol. The van der Waals surface area contributed by atoms with Crippen LogP contribution in [0.4, 0.5) is 4.79 Å². The van der Waals surface area contributed by atoms with E-state index in [0.717, 1.165) is 27.7 Å². The van der Waals surface area contributed by atoms with E-state index in [2.05, 4.69) is 28.9 Å². The molecule has 1 saturated heterocycles. The molecule has 1 fully saturated rings. The molecule has 8 nitrogen and oxygen atoms in total. The highest BCUT2D eigenvalue weighted by Crippen LogP contribution is 2.43. The lowest BCUT2D eigenvalue weighted by molar-refractivity contribution is -0.123. The topological polar surface area (TPSA) is 83.9 Å². The van der Waals surface area contributed by atoms with E-state index in [-0.39, 0.29) is 36.5 Å². The summed E-state index contributed by atoms with van der Waals surface area (Å²) >= 11 is 0. The molecule has 0 saturated carbocycles. The fraction of sp³-hybridized carbons (Fsp3) is 0.393. The van der Waals surface area contributed by atoms with Gasteiger partial charge in [0, 0.05) is 53.9 Å². The maximum atomic E-state index is 13.5. The van der Waals surface area contributed by atoms with E-state index in [0.29, 0.717) is 38.1 Å². The molecular weight excluding hydrogens is 456 g/mol. The van der Waals surface area contributed by atoms with Gasteiger partial charge in [0.25, 0.3) is 5.91 Å². The van der Waals surface area contributed by atoms with Crippen LogP contribution < -0.4 is 5.32 Å². The van der Waals surface area contributed by atoms with Crippen molar-refractivity contribution < 1.29 is 19.1 Å². The molecule has 0 radical (unpaired) electrons. The highest BCUT2D eigenvalue weighted by Gasteiger charge is 2.41. The van der Waals surface area contributed by atoms with Gasteiger partial charge in [0.2, 0.25) is 5.91 Å². The fourth-order valence-electron chi connectivity index (χ4n) is 5.59. The monoisotopic (exact) mass is 488 g/mol. The zero-order valence-corrected chi connectivity index (χ0v) is 21.0. The molecule has 1 aromatic heterocycles. The molecule has 1 unspecified atom stereocenters. The molecule has 1 N–H and O–H groups in total. The Morgan fingerprint density at radius 3 is 2.50 bits per heavy atom. The van der Waals surface area contributed by atoms with Gasteiger partial charge in [-0.2, -0.15) is 0 Å². The maximum Gasteiger partial charge on any atom is 0.409 e. The SMILES string of the molecule is CCOC(=O)N1CCC(NC(=O)CN2C(=O)c3ccccc3C2c2c(C)n(C)c3ccccc23)CC1. The smallest absolute Gasteiger partial charge is 0.409 e. The van der Waals surface area contributed by atoms with Gasteiger partial charge in [-0.15, -0.1) is 0 Å². The third kappa shape index (κ3) is 4.10. The van der Waals surface area contributed by atoms with Crippen LogP contribution in [-0.4, -0.2) is 64.6 Å². The zero-order chi connectivity index (χ0) is 25.4. The first kappa shape index (κ1) is 23.9. The lowest BCUT2D eigenvalue weighted by Gasteiger charge is -2.32. The molecule has 8 heteroatoms. The average Bonchev–Trinajstić information content (AvgIpc) is 3.29. The number of nitrogens with zero attached hydrogens (tertiary/aromatic N) is 3. The fourth-order valence-corrected chi connectivity index (χ4v) is 5.59.